The fourth-order valence-electron chi connectivity index (χ4n) is 1.82. The molecule has 15 heavy (non-hydrogen) atoms. The summed E-state index contributed by atoms with van der Waals surface area (Å²) in [6, 6.07) is 5.23. The van der Waals surface area contributed by atoms with Crippen molar-refractivity contribution >= 4 is 5.69 Å². The molecule has 1 saturated carbocycles. The van der Waals surface area contributed by atoms with E-state index in [4.69, 9.17) is 0 Å². The molecule has 0 atom stereocenters. The Morgan fingerprint density at radius 1 is 1.53 bits per heavy atom. The molecule has 0 bridgehead atoms. The Bertz CT molecular complexity index is 410. The number of aryl methyl sites for hydroxylation is 1. The van der Waals surface area contributed by atoms with Crippen LogP contribution in [0, 0.1) is 17.0 Å². The maximum Gasteiger partial charge on any atom is 0.272 e. The van der Waals surface area contributed by atoms with Gasteiger partial charge in [0.15, 0.2) is 0 Å². The number of rotatable bonds is 3. The second-order valence-corrected chi connectivity index (χ2v) is 4.20. The van der Waals surface area contributed by atoms with E-state index in [2.05, 4.69) is 0 Å². The van der Waals surface area contributed by atoms with Crippen molar-refractivity contribution in [3.05, 3.63) is 39.4 Å². The van der Waals surface area contributed by atoms with Crippen molar-refractivity contribution in [3.63, 3.8) is 0 Å². The molecule has 1 aromatic carbocycles. The Morgan fingerprint density at radius 3 is 2.67 bits per heavy atom. The number of nitro groups is 1. The topological polar surface area (TPSA) is 63.4 Å². The molecule has 0 aromatic heterocycles. The van der Waals surface area contributed by atoms with Gasteiger partial charge in [-0.2, -0.15) is 0 Å². The average Bonchev–Trinajstić information content (AvgIpc) is 2.99. The smallest absolute Gasteiger partial charge is 0.272 e. The molecular formula is C11H13NO3. The van der Waals surface area contributed by atoms with Crippen molar-refractivity contribution < 1.29 is 10.0 Å². The van der Waals surface area contributed by atoms with E-state index in [1.54, 1.807) is 19.1 Å². The molecule has 0 unspecified atom stereocenters. The highest BCUT2D eigenvalue weighted by Crippen LogP contribution is 2.48. The van der Waals surface area contributed by atoms with E-state index in [1.807, 2.05) is 6.07 Å². The summed E-state index contributed by atoms with van der Waals surface area (Å²) in [5.41, 5.74) is 1.50. The molecule has 0 aliphatic heterocycles. The first-order valence-electron chi connectivity index (χ1n) is 4.95. The normalized spacial score (nSPS) is 17.5. The predicted octanol–water partition coefficient (Wildman–Crippen LogP) is 1.93. The Morgan fingerprint density at radius 2 is 2.20 bits per heavy atom. The summed E-state index contributed by atoms with van der Waals surface area (Å²) in [6.07, 6.45) is 1.84. The molecule has 0 spiro atoms. The molecule has 1 fully saturated rings. The van der Waals surface area contributed by atoms with Crippen LogP contribution in [0.2, 0.25) is 0 Å². The maximum atomic E-state index is 10.8. The molecule has 0 saturated heterocycles. The quantitative estimate of drug-likeness (QED) is 0.608. The number of aliphatic hydroxyl groups excluding tert-OH is 1. The van der Waals surface area contributed by atoms with Gasteiger partial charge in [-0.1, -0.05) is 12.1 Å². The van der Waals surface area contributed by atoms with Crippen LogP contribution in [-0.2, 0) is 5.41 Å². The minimum atomic E-state index is -0.369. The van der Waals surface area contributed by atoms with Gasteiger partial charge in [0.05, 0.1) is 11.5 Å². The van der Waals surface area contributed by atoms with Gasteiger partial charge in [-0.3, -0.25) is 10.1 Å². The van der Waals surface area contributed by atoms with Gasteiger partial charge < -0.3 is 5.11 Å². The predicted molar refractivity (Wildman–Crippen MR) is 55.8 cm³/mol. The van der Waals surface area contributed by atoms with Crippen molar-refractivity contribution in [1.82, 2.24) is 0 Å². The zero-order chi connectivity index (χ0) is 11.1. The first-order chi connectivity index (χ1) is 7.09. The van der Waals surface area contributed by atoms with Crippen LogP contribution in [0.1, 0.15) is 24.0 Å². The number of benzene rings is 1. The van der Waals surface area contributed by atoms with Crippen LogP contribution in [0.3, 0.4) is 0 Å². The van der Waals surface area contributed by atoms with Crippen molar-refractivity contribution in [3.8, 4) is 0 Å². The Balaban J connectivity index is 2.43. The minimum Gasteiger partial charge on any atom is -0.395 e. The number of nitro benzene ring substituents is 1. The zero-order valence-corrected chi connectivity index (χ0v) is 8.56. The van der Waals surface area contributed by atoms with Gasteiger partial charge in [-0.25, -0.2) is 0 Å². The lowest BCUT2D eigenvalue weighted by molar-refractivity contribution is -0.385. The number of hydrogen-bond donors (Lipinski definition) is 1. The van der Waals surface area contributed by atoms with E-state index in [-0.39, 0.29) is 22.6 Å². The van der Waals surface area contributed by atoms with Crippen molar-refractivity contribution in [2.75, 3.05) is 6.61 Å². The van der Waals surface area contributed by atoms with Gasteiger partial charge in [0.25, 0.3) is 5.69 Å². The molecule has 80 valence electrons. The van der Waals surface area contributed by atoms with Gasteiger partial charge in [-0.15, -0.1) is 0 Å². The number of aliphatic hydroxyl groups is 1. The maximum absolute atomic E-state index is 10.8. The molecule has 1 N–H and O–H groups in total. The zero-order valence-electron chi connectivity index (χ0n) is 8.56. The lowest BCUT2D eigenvalue weighted by Gasteiger charge is -2.12. The van der Waals surface area contributed by atoms with Crippen molar-refractivity contribution in [2.45, 2.75) is 25.2 Å². The Kier molecular flexibility index (Phi) is 2.23. The minimum absolute atomic E-state index is 0.0766. The number of hydrogen-bond acceptors (Lipinski definition) is 3. The van der Waals surface area contributed by atoms with E-state index >= 15 is 0 Å². The highest BCUT2D eigenvalue weighted by Gasteiger charge is 2.44. The number of nitrogens with zero attached hydrogens (tertiary/aromatic N) is 1. The molecule has 4 nitrogen and oxygen atoms in total. The molecule has 4 heteroatoms. The monoisotopic (exact) mass is 207 g/mol. The van der Waals surface area contributed by atoms with E-state index in [0.717, 1.165) is 18.4 Å². The van der Waals surface area contributed by atoms with E-state index in [1.165, 1.54) is 0 Å². The van der Waals surface area contributed by atoms with Gasteiger partial charge in [-0.05, 0) is 25.3 Å². The van der Waals surface area contributed by atoms with E-state index in [9.17, 15) is 15.2 Å². The second kappa shape index (κ2) is 3.31. The fraction of sp³-hybridized carbons (Fsp3) is 0.455. The van der Waals surface area contributed by atoms with Gasteiger partial charge in [0.2, 0.25) is 0 Å². The summed E-state index contributed by atoms with van der Waals surface area (Å²) < 4.78 is 0. The third-order valence-electron chi connectivity index (χ3n) is 3.17. The van der Waals surface area contributed by atoms with Gasteiger partial charge in [0, 0.05) is 17.0 Å². The molecule has 0 heterocycles. The van der Waals surface area contributed by atoms with Crippen LogP contribution in [-0.4, -0.2) is 16.6 Å². The third-order valence-corrected chi connectivity index (χ3v) is 3.17. The molecule has 0 amide bonds. The molecule has 1 aliphatic carbocycles. The lowest BCUT2D eigenvalue weighted by Crippen LogP contribution is -2.12. The van der Waals surface area contributed by atoms with Gasteiger partial charge in [0.1, 0.15) is 0 Å². The largest absolute Gasteiger partial charge is 0.395 e. The summed E-state index contributed by atoms with van der Waals surface area (Å²) in [7, 11) is 0. The molecule has 0 radical (unpaired) electrons. The van der Waals surface area contributed by atoms with Crippen LogP contribution >= 0.6 is 0 Å². The molecular weight excluding hydrogens is 194 g/mol. The Hall–Kier alpha value is -1.42. The van der Waals surface area contributed by atoms with E-state index in [0.29, 0.717) is 5.56 Å². The summed E-state index contributed by atoms with van der Waals surface area (Å²) in [4.78, 5) is 10.4. The summed E-state index contributed by atoms with van der Waals surface area (Å²) in [6.45, 7) is 1.80. The third kappa shape index (κ3) is 1.61. The first kappa shape index (κ1) is 10.1. The summed E-state index contributed by atoms with van der Waals surface area (Å²) in [5, 5.41) is 20.0. The molecule has 1 aromatic rings. The molecule has 1 aliphatic rings. The second-order valence-electron chi connectivity index (χ2n) is 4.20. The summed E-state index contributed by atoms with van der Waals surface area (Å²) in [5.74, 6) is 0. The van der Waals surface area contributed by atoms with Crippen LogP contribution in [0.4, 0.5) is 5.69 Å². The highest BCUT2D eigenvalue weighted by molar-refractivity contribution is 5.46. The van der Waals surface area contributed by atoms with Crippen LogP contribution < -0.4 is 0 Å². The average molecular weight is 207 g/mol. The van der Waals surface area contributed by atoms with E-state index < -0.39 is 0 Å². The lowest BCUT2D eigenvalue weighted by atomic mass is 9.95. The van der Waals surface area contributed by atoms with Crippen molar-refractivity contribution in [1.29, 1.82) is 0 Å². The summed E-state index contributed by atoms with van der Waals surface area (Å²) >= 11 is 0. The first-order valence-corrected chi connectivity index (χ1v) is 4.95. The standard InChI is InChI=1S/C11H13NO3/c1-8-2-3-9(6-10(8)12(14)15)11(7-13)4-5-11/h2-3,6,13H,4-5,7H2,1H3. The van der Waals surface area contributed by atoms with Gasteiger partial charge >= 0.3 is 0 Å². The fourth-order valence-corrected chi connectivity index (χ4v) is 1.82. The highest BCUT2D eigenvalue weighted by atomic mass is 16.6. The van der Waals surface area contributed by atoms with Crippen LogP contribution in [0.25, 0.3) is 0 Å². The van der Waals surface area contributed by atoms with Crippen molar-refractivity contribution in [2.24, 2.45) is 0 Å². The molecule has 2 rings (SSSR count). The van der Waals surface area contributed by atoms with Crippen LogP contribution in [0.15, 0.2) is 18.2 Å². The Labute approximate surface area is 87.7 Å². The SMILES string of the molecule is Cc1ccc(C2(CO)CC2)cc1[N+](=O)[O-]. The van der Waals surface area contributed by atoms with Crippen LogP contribution in [0.5, 0.6) is 0 Å².